The van der Waals surface area contributed by atoms with Crippen molar-refractivity contribution in [2.75, 3.05) is 24.7 Å². The Morgan fingerprint density at radius 2 is 1.74 bits per heavy atom. The highest BCUT2D eigenvalue weighted by molar-refractivity contribution is 7.80. The van der Waals surface area contributed by atoms with E-state index < -0.39 is 62.1 Å². The van der Waals surface area contributed by atoms with E-state index in [2.05, 4.69) is 25.3 Å². The van der Waals surface area contributed by atoms with Crippen molar-refractivity contribution in [3.05, 3.63) is 0 Å². The molecule has 162 valence electrons. The summed E-state index contributed by atoms with van der Waals surface area (Å²) >= 11 is 8.04. The minimum atomic E-state index is -1.95. The number of aliphatic hydroxyl groups excluding tert-OH is 5. The highest BCUT2D eigenvalue weighted by Gasteiger charge is 2.45. The topological polar surface area (TPSA) is 158 Å². The molecular formula is C15H30O10S2. The molecule has 6 N–H and O–H groups in total. The monoisotopic (exact) mass is 434 g/mol. The molecule has 8 atom stereocenters. The molecule has 0 saturated carbocycles. The third-order valence-corrected chi connectivity index (χ3v) is 4.71. The highest BCUT2D eigenvalue weighted by atomic mass is 32.1. The summed E-state index contributed by atoms with van der Waals surface area (Å²) in [7, 11) is 0. The molecule has 0 amide bonds. The smallest absolute Gasteiger partial charge is 0.209 e. The van der Waals surface area contributed by atoms with E-state index in [9.17, 15) is 30.6 Å². The third kappa shape index (κ3) is 7.57. The molecule has 1 aliphatic heterocycles. The zero-order valence-corrected chi connectivity index (χ0v) is 16.7. The van der Waals surface area contributed by atoms with E-state index >= 15 is 0 Å². The second kappa shape index (κ2) is 12.8. The van der Waals surface area contributed by atoms with Crippen LogP contribution in [0.5, 0.6) is 0 Å². The number of rotatable bonds is 12. The fraction of sp³-hybridized carbons (Fsp3) is 1.00. The maximum Gasteiger partial charge on any atom is 0.209 e. The van der Waals surface area contributed by atoms with Crippen molar-refractivity contribution in [2.45, 2.75) is 68.8 Å². The first kappa shape index (κ1) is 25.3. The number of ether oxygens (including phenoxy) is 4. The van der Waals surface area contributed by atoms with Crippen molar-refractivity contribution >= 4 is 25.3 Å². The Morgan fingerprint density at radius 3 is 2.26 bits per heavy atom. The fourth-order valence-corrected chi connectivity index (χ4v) is 2.84. The van der Waals surface area contributed by atoms with E-state index in [4.69, 9.17) is 18.9 Å². The molecule has 0 radical (unpaired) electrons. The van der Waals surface area contributed by atoms with Crippen LogP contribution in [0.2, 0.25) is 0 Å². The third-order valence-electron chi connectivity index (χ3n) is 4.04. The van der Waals surface area contributed by atoms with E-state index in [1.54, 1.807) is 0 Å². The lowest BCUT2D eigenvalue weighted by atomic mass is 10.00. The molecule has 0 bridgehead atoms. The van der Waals surface area contributed by atoms with E-state index in [-0.39, 0.29) is 12.4 Å². The van der Waals surface area contributed by atoms with Gasteiger partial charge >= 0.3 is 0 Å². The van der Waals surface area contributed by atoms with Crippen LogP contribution in [-0.2, 0) is 18.9 Å². The molecule has 0 aromatic rings. The molecule has 7 unspecified atom stereocenters. The zero-order valence-electron chi connectivity index (χ0n) is 14.9. The lowest BCUT2D eigenvalue weighted by Crippen LogP contribution is -2.59. The molecule has 10 nitrogen and oxygen atoms in total. The summed E-state index contributed by atoms with van der Waals surface area (Å²) in [6, 6.07) is 0. The van der Waals surface area contributed by atoms with Crippen LogP contribution < -0.4 is 0 Å². The van der Waals surface area contributed by atoms with E-state index in [1.165, 1.54) is 6.92 Å². The summed E-state index contributed by atoms with van der Waals surface area (Å²) in [6.07, 6.45) is -11.3. The van der Waals surface area contributed by atoms with Gasteiger partial charge in [0.2, 0.25) is 12.6 Å². The number of hydrogen-bond donors (Lipinski definition) is 8. The number of hydrogen-bond acceptors (Lipinski definition) is 12. The molecule has 1 rings (SSSR count). The average Bonchev–Trinajstić information content (AvgIpc) is 2.64. The first-order chi connectivity index (χ1) is 12.8. The Hall–Kier alpha value is 0.300. The number of aliphatic hydroxyl groups is 6. The second-order valence-electron chi connectivity index (χ2n) is 6.13. The first-order valence-corrected chi connectivity index (χ1v) is 9.84. The van der Waals surface area contributed by atoms with Crippen molar-refractivity contribution in [1.29, 1.82) is 0 Å². The largest absolute Gasteiger partial charge is 0.394 e. The van der Waals surface area contributed by atoms with Gasteiger partial charge in [-0.1, -0.05) is 0 Å². The van der Waals surface area contributed by atoms with Gasteiger partial charge in [-0.2, -0.15) is 25.3 Å². The van der Waals surface area contributed by atoms with Gasteiger partial charge in [0, 0.05) is 5.75 Å². The van der Waals surface area contributed by atoms with Gasteiger partial charge in [-0.3, -0.25) is 0 Å². The molecule has 27 heavy (non-hydrogen) atoms. The van der Waals surface area contributed by atoms with Crippen molar-refractivity contribution in [2.24, 2.45) is 0 Å². The minimum Gasteiger partial charge on any atom is -0.394 e. The predicted octanol–water partition coefficient (Wildman–Crippen LogP) is -2.52. The summed E-state index contributed by atoms with van der Waals surface area (Å²) in [5.41, 5.74) is 0. The SMILES string of the molecule is C[C@H](OC1OC(CS)C(O)C(O)C1O)C(CO)OC(OCCCS)C(O)O. The lowest BCUT2D eigenvalue weighted by Gasteiger charge is -2.41. The van der Waals surface area contributed by atoms with Crippen molar-refractivity contribution in [3.63, 3.8) is 0 Å². The van der Waals surface area contributed by atoms with Crippen molar-refractivity contribution in [3.8, 4) is 0 Å². The van der Waals surface area contributed by atoms with Gasteiger partial charge in [0.05, 0.1) is 25.4 Å². The van der Waals surface area contributed by atoms with Crippen LogP contribution in [0.1, 0.15) is 13.3 Å². The standard InChI is InChI=1S/C15H30O10S2/c1-7(8(5-16)24-15(13(20)21)22-3-2-4-26)23-14-12(19)11(18)10(17)9(6-27)25-14/h7-21,26-27H,2-6H2,1H3/t7-,8?,9?,10?,11?,12?,14?,15?/m0/s1. The Balaban J connectivity index is 2.69. The van der Waals surface area contributed by atoms with Gasteiger partial charge in [-0.15, -0.1) is 0 Å². The van der Waals surface area contributed by atoms with E-state index in [0.717, 1.165) is 0 Å². The van der Waals surface area contributed by atoms with Crippen LogP contribution in [0, 0.1) is 0 Å². The first-order valence-electron chi connectivity index (χ1n) is 8.57. The zero-order chi connectivity index (χ0) is 20.6. The summed E-state index contributed by atoms with van der Waals surface area (Å²) in [5.74, 6) is 0.617. The van der Waals surface area contributed by atoms with Crippen LogP contribution >= 0.6 is 25.3 Å². The molecule has 0 aromatic carbocycles. The maximum absolute atomic E-state index is 10.0. The molecule has 1 fully saturated rings. The van der Waals surface area contributed by atoms with Gasteiger partial charge in [-0.05, 0) is 19.1 Å². The van der Waals surface area contributed by atoms with Gasteiger partial charge in [0.15, 0.2) is 6.29 Å². The molecule has 1 heterocycles. The Bertz CT molecular complexity index is 403. The number of thiol groups is 2. The van der Waals surface area contributed by atoms with Gasteiger partial charge in [0.1, 0.15) is 24.4 Å². The summed E-state index contributed by atoms with van der Waals surface area (Å²) in [6.45, 7) is 1.11. The Kier molecular flexibility index (Phi) is 12.0. The summed E-state index contributed by atoms with van der Waals surface area (Å²) in [5, 5.41) is 58.0. The summed E-state index contributed by atoms with van der Waals surface area (Å²) in [4.78, 5) is 0. The summed E-state index contributed by atoms with van der Waals surface area (Å²) < 4.78 is 21.5. The molecular weight excluding hydrogens is 404 g/mol. The predicted molar refractivity (Wildman–Crippen MR) is 99.5 cm³/mol. The van der Waals surface area contributed by atoms with Crippen molar-refractivity contribution < 1.29 is 49.6 Å². The Labute approximate surface area is 168 Å². The lowest BCUT2D eigenvalue weighted by molar-refractivity contribution is -0.324. The van der Waals surface area contributed by atoms with Crippen LogP contribution in [0.25, 0.3) is 0 Å². The second-order valence-corrected chi connectivity index (χ2v) is 6.94. The van der Waals surface area contributed by atoms with Crippen LogP contribution in [0.3, 0.4) is 0 Å². The van der Waals surface area contributed by atoms with E-state index in [1.807, 2.05) is 0 Å². The van der Waals surface area contributed by atoms with Crippen LogP contribution in [0.4, 0.5) is 0 Å². The molecule has 0 aromatic heterocycles. The highest BCUT2D eigenvalue weighted by Crippen LogP contribution is 2.25. The molecule has 0 aliphatic carbocycles. The van der Waals surface area contributed by atoms with Crippen molar-refractivity contribution in [1.82, 2.24) is 0 Å². The van der Waals surface area contributed by atoms with E-state index in [0.29, 0.717) is 12.2 Å². The molecule has 1 saturated heterocycles. The molecule has 1 aliphatic rings. The maximum atomic E-state index is 10.0. The van der Waals surface area contributed by atoms with Gasteiger partial charge in [-0.25, -0.2) is 0 Å². The normalized spacial score (nSPS) is 32.4. The van der Waals surface area contributed by atoms with Crippen LogP contribution in [-0.4, -0.2) is 111 Å². The van der Waals surface area contributed by atoms with Crippen LogP contribution in [0.15, 0.2) is 0 Å². The average molecular weight is 435 g/mol. The van der Waals surface area contributed by atoms with Gasteiger partial charge < -0.3 is 49.6 Å². The molecule has 12 heteroatoms. The minimum absolute atomic E-state index is 0.0802. The fourth-order valence-electron chi connectivity index (χ4n) is 2.41. The quantitative estimate of drug-likeness (QED) is 0.0936. The van der Waals surface area contributed by atoms with Gasteiger partial charge in [0.25, 0.3) is 0 Å². The molecule has 0 spiro atoms. The Morgan fingerprint density at radius 1 is 1.07 bits per heavy atom.